The fourth-order valence-electron chi connectivity index (χ4n) is 2.38. The first-order chi connectivity index (χ1) is 13.4. The molecule has 1 aliphatic heterocycles. The van der Waals surface area contributed by atoms with Gasteiger partial charge in [0.25, 0.3) is 11.1 Å². The highest BCUT2D eigenvalue weighted by Gasteiger charge is 2.25. The van der Waals surface area contributed by atoms with Gasteiger partial charge < -0.3 is 9.47 Å². The summed E-state index contributed by atoms with van der Waals surface area (Å²) < 4.78 is 11.5. The van der Waals surface area contributed by atoms with Gasteiger partial charge in [0.15, 0.2) is 11.5 Å². The molecule has 0 unspecified atom stereocenters. The zero-order valence-corrected chi connectivity index (χ0v) is 17.6. The molecule has 0 radical (unpaired) electrons. The van der Waals surface area contributed by atoms with Gasteiger partial charge in [0.05, 0.1) is 26.6 Å². The highest BCUT2D eigenvalue weighted by molar-refractivity contribution is 9.10. The lowest BCUT2D eigenvalue weighted by Crippen LogP contribution is -2.17. The van der Waals surface area contributed by atoms with E-state index in [0.29, 0.717) is 22.4 Å². The number of thioether (sulfide) groups is 1. The topological polar surface area (TPSA) is 81.7 Å². The van der Waals surface area contributed by atoms with Crippen LogP contribution in [0, 0.1) is 0 Å². The Kier molecular flexibility index (Phi) is 6.43. The molecule has 144 valence electrons. The number of halogens is 2. The van der Waals surface area contributed by atoms with Crippen molar-refractivity contribution < 1.29 is 23.9 Å². The minimum atomic E-state index is -0.630. The van der Waals surface area contributed by atoms with E-state index >= 15 is 0 Å². The molecule has 9 heteroatoms. The van der Waals surface area contributed by atoms with Crippen LogP contribution in [0.3, 0.4) is 0 Å². The second-order valence-electron chi connectivity index (χ2n) is 5.48. The van der Waals surface area contributed by atoms with Gasteiger partial charge in [0, 0.05) is 0 Å². The zero-order valence-electron chi connectivity index (χ0n) is 14.5. The molecule has 2 aromatic rings. The van der Waals surface area contributed by atoms with Crippen molar-refractivity contribution in [1.29, 1.82) is 0 Å². The van der Waals surface area contributed by atoms with Crippen molar-refractivity contribution in [3.8, 4) is 11.5 Å². The van der Waals surface area contributed by atoms with Gasteiger partial charge >= 0.3 is 5.97 Å². The van der Waals surface area contributed by atoms with Crippen LogP contribution in [0.5, 0.6) is 11.5 Å². The van der Waals surface area contributed by atoms with Crippen molar-refractivity contribution in [3.63, 3.8) is 0 Å². The van der Waals surface area contributed by atoms with Gasteiger partial charge in [-0.25, -0.2) is 4.79 Å². The van der Waals surface area contributed by atoms with Crippen molar-refractivity contribution in [1.82, 2.24) is 5.32 Å². The smallest absolute Gasteiger partial charge is 0.345 e. The van der Waals surface area contributed by atoms with E-state index < -0.39 is 17.1 Å². The fourth-order valence-corrected chi connectivity index (χ4v) is 3.82. The van der Waals surface area contributed by atoms with Crippen LogP contribution in [-0.4, -0.2) is 23.7 Å². The first-order valence-electron chi connectivity index (χ1n) is 8.07. The number of hydrogen-bond acceptors (Lipinski definition) is 6. The van der Waals surface area contributed by atoms with Gasteiger partial charge in [-0.15, -0.1) is 0 Å². The van der Waals surface area contributed by atoms with Crippen LogP contribution in [0.25, 0.3) is 6.08 Å². The SMILES string of the molecule is CCOc1cc(/C=C2\SC(=O)NC2=O)cc(Br)c1OC(=O)c1ccccc1Cl. The third-order valence-corrected chi connectivity index (χ3v) is 5.29. The highest BCUT2D eigenvalue weighted by atomic mass is 79.9. The van der Waals surface area contributed by atoms with E-state index in [2.05, 4.69) is 21.2 Å². The van der Waals surface area contributed by atoms with Crippen LogP contribution in [0.4, 0.5) is 4.79 Å². The lowest BCUT2D eigenvalue weighted by Gasteiger charge is -2.14. The van der Waals surface area contributed by atoms with E-state index in [-0.39, 0.29) is 21.2 Å². The van der Waals surface area contributed by atoms with Gasteiger partial charge in [0.1, 0.15) is 0 Å². The number of esters is 1. The summed E-state index contributed by atoms with van der Waals surface area (Å²) in [5.41, 5.74) is 0.822. The maximum absolute atomic E-state index is 12.5. The maximum atomic E-state index is 12.5. The predicted molar refractivity (Wildman–Crippen MR) is 111 cm³/mol. The van der Waals surface area contributed by atoms with E-state index in [0.717, 1.165) is 11.8 Å². The molecule has 0 aromatic heterocycles. The molecule has 2 amide bonds. The second kappa shape index (κ2) is 8.81. The van der Waals surface area contributed by atoms with Crippen molar-refractivity contribution in [3.05, 3.63) is 61.9 Å². The lowest BCUT2D eigenvalue weighted by atomic mass is 10.1. The molecule has 1 aliphatic rings. The summed E-state index contributed by atoms with van der Waals surface area (Å²) in [4.78, 5) is 35.8. The molecule has 6 nitrogen and oxygen atoms in total. The summed E-state index contributed by atoms with van der Waals surface area (Å²) in [6.45, 7) is 2.12. The van der Waals surface area contributed by atoms with E-state index in [9.17, 15) is 14.4 Å². The molecule has 0 spiro atoms. The number of hydrogen-bond donors (Lipinski definition) is 1. The number of nitrogens with one attached hydrogen (secondary N) is 1. The molecule has 0 atom stereocenters. The van der Waals surface area contributed by atoms with Gasteiger partial charge in [-0.1, -0.05) is 23.7 Å². The number of carbonyl (C=O) groups is 3. The molecule has 3 rings (SSSR count). The number of amides is 2. The molecule has 1 N–H and O–H groups in total. The van der Waals surface area contributed by atoms with E-state index in [4.69, 9.17) is 21.1 Å². The monoisotopic (exact) mass is 481 g/mol. The van der Waals surface area contributed by atoms with E-state index in [1.54, 1.807) is 49.4 Å². The Balaban J connectivity index is 1.95. The van der Waals surface area contributed by atoms with Gasteiger partial charge in [-0.2, -0.15) is 0 Å². The van der Waals surface area contributed by atoms with Crippen LogP contribution in [-0.2, 0) is 4.79 Å². The van der Waals surface area contributed by atoms with Crippen molar-refractivity contribution in [2.45, 2.75) is 6.92 Å². The highest BCUT2D eigenvalue weighted by Crippen LogP contribution is 2.39. The summed E-state index contributed by atoms with van der Waals surface area (Å²) in [6.07, 6.45) is 1.55. The zero-order chi connectivity index (χ0) is 20.3. The molecular weight excluding hydrogens is 470 g/mol. The minimum Gasteiger partial charge on any atom is -0.490 e. The van der Waals surface area contributed by atoms with Crippen molar-refractivity contribution in [2.24, 2.45) is 0 Å². The van der Waals surface area contributed by atoms with Crippen LogP contribution in [0.1, 0.15) is 22.8 Å². The Labute approximate surface area is 178 Å². The number of rotatable bonds is 5. The number of benzene rings is 2. The molecule has 1 fully saturated rings. The summed E-state index contributed by atoms with van der Waals surface area (Å²) >= 11 is 10.2. The number of carbonyl (C=O) groups excluding carboxylic acids is 3. The number of imide groups is 1. The molecule has 0 bridgehead atoms. The average molecular weight is 483 g/mol. The normalized spacial score (nSPS) is 14.9. The van der Waals surface area contributed by atoms with Crippen molar-refractivity contribution in [2.75, 3.05) is 6.61 Å². The third kappa shape index (κ3) is 4.57. The first-order valence-corrected chi connectivity index (χ1v) is 10.1. The van der Waals surface area contributed by atoms with Crippen LogP contribution >= 0.6 is 39.3 Å². The Hall–Kier alpha value is -2.29. The standard InChI is InChI=1S/C19H13BrClNO5S/c1-2-26-14-8-10(9-15-17(23)22-19(25)28-15)7-12(20)16(14)27-18(24)11-5-3-4-6-13(11)21/h3-9H,2H2,1H3,(H,22,23,25)/b15-9-. The molecule has 0 saturated carbocycles. The molecule has 0 aliphatic carbocycles. The fraction of sp³-hybridized carbons (Fsp3) is 0.105. The van der Waals surface area contributed by atoms with Gasteiger partial charge in [-0.3, -0.25) is 14.9 Å². The Bertz CT molecular complexity index is 1010. The van der Waals surface area contributed by atoms with Gasteiger partial charge in [-0.05, 0) is 70.5 Å². The van der Waals surface area contributed by atoms with E-state index in [1.165, 1.54) is 0 Å². The van der Waals surface area contributed by atoms with Crippen LogP contribution in [0.2, 0.25) is 5.02 Å². The minimum absolute atomic E-state index is 0.188. The molecule has 28 heavy (non-hydrogen) atoms. The third-order valence-electron chi connectivity index (χ3n) is 3.56. The first kappa shape index (κ1) is 20.4. The Morgan fingerprint density at radius 3 is 2.68 bits per heavy atom. The summed E-state index contributed by atoms with van der Waals surface area (Å²) in [6, 6.07) is 9.82. The summed E-state index contributed by atoms with van der Waals surface area (Å²) in [5, 5.41) is 2.04. The summed E-state index contributed by atoms with van der Waals surface area (Å²) in [5.74, 6) is -0.597. The predicted octanol–water partition coefficient (Wildman–Crippen LogP) is 5.04. The molecule has 1 saturated heterocycles. The van der Waals surface area contributed by atoms with E-state index in [1.807, 2.05) is 0 Å². The van der Waals surface area contributed by atoms with Crippen LogP contribution < -0.4 is 14.8 Å². The Morgan fingerprint density at radius 2 is 2.04 bits per heavy atom. The average Bonchev–Trinajstić information content (AvgIpc) is 2.95. The Morgan fingerprint density at radius 1 is 1.29 bits per heavy atom. The largest absolute Gasteiger partial charge is 0.490 e. The number of ether oxygens (including phenoxy) is 2. The molecular formula is C19H13BrClNO5S. The van der Waals surface area contributed by atoms with Crippen molar-refractivity contribution >= 4 is 62.5 Å². The lowest BCUT2D eigenvalue weighted by molar-refractivity contribution is -0.115. The van der Waals surface area contributed by atoms with Crippen LogP contribution in [0.15, 0.2) is 45.8 Å². The van der Waals surface area contributed by atoms with Gasteiger partial charge in [0.2, 0.25) is 0 Å². The molecule has 2 aromatic carbocycles. The summed E-state index contributed by atoms with van der Waals surface area (Å²) in [7, 11) is 0. The second-order valence-corrected chi connectivity index (χ2v) is 7.76. The maximum Gasteiger partial charge on any atom is 0.345 e. The molecule has 1 heterocycles. The quantitative estimate of drug-likeness (QED) is 0.365.